The number of nitrogens with zero attached hydrogens (tertiary/aromatic N) is 2. The van der Waals surface area contributed by atoms with Crippen LogP contribution in [0.25, 0.3) is 0 Å². The Kier molecular flexibility index (Phi) is 5.41. The van der Waals surface area contributed by atoms with Crippen molar-refractivity contribution < 1.29 is 9.59 Å². The van der Waals surface area contributed by atoms with E-state index in [4.69, 9.17) is 0 Å². The molecule has 0 atom stereocenters. The molecule has 1 aromatic heterocycles. The summed E-state index contributed by atoms with van der Waals surface area (Å²) in [5, 5.41) is 5.81. The lowest BCUT2D eigenvalue weighted by molar-refractivity contribution is -0.117. The van der Waals surface area contributed by atoms with Crippen LogP contribution in [0.2, 0.25) is 0 Å². The molecule has 0 spiro atoms. The van der Waals surface area contributed by atoms with Gasteiger partial charge < -0.3 is 5.32 Å². The number of hydrogen-bond donors (Lipinski definition) is 1. The van der Waals surface area contributed by atoms with Crippen molar-refractivity contribution in [2.75, 3.05) is 18.9 Å². The average molecular weight is 317 g/mol. The minimum absolute atomic E-state index is 0.0674. The lowest BCUT2D eigenvalue weighted by atomic mass is 10.1. The first kappa shape index (κ1) is 16.3. The van der Waals surface area contributed by atoms with E-state index in [0.717, 1.165) is 10.7 Å². The number of carbonyl (C=O) groups is 2. The highest BCUT2D eigenvalue weighted by molar-refractivity contribution is 7.09. The van der Waals surface area contributed by atoms with Crippen molar-refractivity contribution >= 4 is 28.7 Å². The summed E-state index contributed by atoms with van der Waals surface area (Å²) in [4.78, 5) is 29.9. The Labute approximate surface area is 134 Å². The predicted molar refractivity (Wildman–Crippen MR) is 88.3 cm³/mol. The number of nitrogens with one attached hydrogen (secondary N) is 1. The molecule has 0 saturated heterocycles. The van der Waals surface area contributed by atoms with Crippen LogP contribution < -0.4 is 5.32 Å². The first-order valence-electron chi connectivity index (χ1n) is 6.95. The number of carbonyl (C=O) groups excluding carboxylic acids is 2. The third-order valence-electron chi connectivity index (χ3n) is 3.09. The molecule has 2 aromatic rings. The molecular weight excluding hydrogens is 298 g/mol. The van der Waals surface area contributed by atoms with Gasteiger partial charge in [0.15, 0.2) is 5.78 Å². The van der Waals surface area contributed by atoms with Crippen LogP contribution >= 0.6 is 11.3 Å². The first-order valence-corrected chi connectivity index (χ1v) is 7.83. The second kappa shape index (κ2) is 7.29. The second-order valence-electron chi connectivity index (χ2n) is 5.18. The molecule has 0 radical (unpaired) electrons. The molecule has 0 saturated carbocycles. The van der Waals surface area contributed by atoms with Crippen LogP contribution in [0.1, 0.15) is 28.0 Å². The molecule has 0 bridgehead atoms. The van der Waals surface area contributed by atoms with Gasteiger partial charge in [-0.1, -0.05) is 12.1 Å². The maximum Gasteiger partial charge on any atom is 0.238 e. The summed E-state index contributed by atoms with van der Waals surface area (Å²) in [6.45, 7) is 4.30. The molecule has 22 heavy (non-hydrogen) atoms. The van der Waals surface area contributed by atoms with Crippen LogP contribution in [-0.2, 0) is 11.3 Å². The monoisotopic (exact) mass is 317 g/mol. The average Bonchev–Trinajstić information content (AvgIpc) is 2.83. The zero-order valence-corrected chi connectivity index (χ0v) is 13.7. The molecule has 1 N–H and O–H groups in total. The highest BCUT2D eigenvalue weighted by atomic mass is 32.1. The third kappa shape index (κ3) is 4.47. The fraction of sp³-hybridized carbons (Fsp3) is 0.312. The standard InChI is InChI=1S/C16H19N3O2S/c1-11(20)14-6-4-5-7-15(14)18-16(21)9-19(3)8-13-10-22-12(2)17-13/h4-7,10H,8-9H2,1-3H3,(H,18,21). The summed E-state index contributed by atoms with van der Waals surface area (Å²) in [5.41, 5.74) is 2.04. The van der Waals surface area contributed by atoms with E-state index in [9.17, 15) is 9.59 Å². The summed E-state index contributed by atoms with van der Waals surface area (Å²) in [6, 6.07) is 7.02. The van der Waals surface area contributed by atoms with Gasteiger partial charge in [-0.2, -0.15) is 0 Å². The van der Waals surface area contributed by atoms with Gasteiger partial charge in [0.1, 0.15) is 0 Å². The van der Waals surface area contributed by atoms with Crippen molar-refractivity contribution in [1.82, 2.24) is 9.88 Å². The van der Waals surface area contributed by atoms with E-state index in [0.29, 0.717) is 17.8 Å². The third-order valence-corrected chi connectivity index (χ3v) is 3.91. The van der Waals surface area contributed by atoms with E-state index >= 15 is 0 Å². The van der Waals surface area contributed by atoms with Crippen LogP contribution in [-0.4, -0.2) is 35.2 Å². The van der Waals surface area contributed by atoms with Gasteiger partial charge in [-0.05, 0) is 33.0 Å². The normalized spacial score (nSPS) is 10.7. The number of likely N-dealkylation sites (N-methyl/N-ethyl adjacent to an activating group) is 1. The molecule has 116 valence electrons. The van der Waals surface area contributed by atoms with Gasteiger partial charge in [0.25, 0.3) is 0 Å². The SMILES string of the molecule is CC(=O)c1ccccc1NC(=O)CN(C)Cc1csc(C)n1. The van der Waals surface area contributed by atoms with Crippen molar-refractivity contribution in [3.05, 3.63) is 45.9 Å². The van der Waals surface area contributed by atoms with Gasteiger partial charge in [-0.15, -0.1) is 11.3 Å². The van der Waals surface area contributed by atoms with Gasteiger partial charge in [0, 0.05) is 17.5 Å². The van der Waals surface area contributed by atoms with Gasteiger partial charge in [-0.3, -0.25) is 14.5 Å². The lowest BCUT2D eigenvalue weighted by Gasteiger charge is -2.15. The van der Waals surface area contributed by atoms with E-state index in [1.54, 1.807) is 35.6 Å². The molecule has 0 aliphatic carbocycles. The van der Waals surface area contributed by atoms with Crippen LogP contribution in [0.3, 0.4) is 0 Å². The number of benzene rings is 1. The maximum atomic E-state index is 12.1. The van der Waals surface area contributed by atoms with E-state index in [1.165, 1.54) is 6.92 Å². The van der Waals surface area contributed by atoms with Crippen molar-refractivity contribution in [3.63, 3.8) is 0 Å². The molecule has 1 aromatic carbocycles. The predicted octanol–water partition coefficient (Wildman–Crippen LogP) is 2.72. The van der Waals surface area contributed by atoms with Crippen LogP contribution in [0, 0.1) is 6.92 Å². The molecular formula is C16H19N3O2S. The minimum Gasteiger partial charge on any atom is -0.324 e. The van der Waals surface area contributed by atoms with Gasteiger partial charge in [-0.25, -0.2) is 4.98 Å². The molecule has 2 rings (SSSR count). The van der Waals surface area contributed by atoms with Crippen molar-refractivity contribution in [3.8, 4) is 0 Å². The highest BCUT2D eigenvalue weighted by Gasteiger charge is 2.12. The largest absolute Gasteiger partial charge is 0.324 e. The number of para-hydroxylation sites is 1. The van der Waals surface area contributed by atoms with Gasteiger partial charge in [0.2, 0.25) is 5.91 Å². The van der Waals surface area contributed by atoms with E-state index < -0.39 is 0 Å². The van der Waals surface area contributed by atoms with Crippen molar-refractivity contribution in [2.24, 2.45) is 0 Å². The fourth-order valence-electron chi connectivity index (χ4n) is 2.15. The van der Waals surface area contributed by atoms with Gasteiger partial charge in [0.05, 0.1) is 22.9 Å². The zero-order chi connectivity index (χ0) is 16.1. The molecule has 0 fully saturated rings. The number of hydrogen-bond acceptors (Lipinski definition) is 5. The summed E-state index contributed by atoms with van der Waals surface area (Å²) in [6.07, 6.45) is 0. The number of aromatic nitrogens is 1. The Morgan fingerprint density at radius 3 is 2.68 bits per heavy atom. The molecule has 5 nitrogen and oxygen atoms in total. The van der Waals surface area contributed by atoms with Crippen LogP contribution in [0.15, 0.2) is 29.6 Å². The molecule has 0 unspecified atom stereocenters. The molecule has 6 heteroatoms. The van der Waals surface area contributed by atoms with Crippen molar-refractivity contribution in [2.45, 2.75) is 20.4 Å². The zero-order valence-electron chi connectivity index (χ0n) is 12.9. The molecule has 0 aliphatic heterocycles. The highest BCUT2D eigenvalue weighted by Crippen LogP contribution is 2.15. The van der Waals surface area contributed by atoms with Gasteiger partial charge >= 0.3 is 0 Å². The Bertz CT molecular complexity index is 682. The quantitative estimate of drug-likeness (QED) is 0.832. The van der Waals surface area contributed by atoms with Crippen LogP contribution in [0.4, 0.5) is 5.69 Å². The van der Waals surface area contributed by atoms with E-state index in [1.807, 2.05) is 24.3 Å². The molecule has 0 aliphatic rings. The van der Waals surface area contributed by atoms with E-state index in [2.05, 4.69) is 10.3 Å². The number of Topliss-reactive ketones (excluding diaryl/α,β-unsaturated/α-hetero) is 1. The van der Waals surface area contributed by atoms with E-state index in [-0.39, 0.29) is 18.2 Å². The molecule has 1 heterocycles. The van der Waals surface area contributed by atoms with Crippen molar-refractivity contribution in [1.29, 1.82) is 0 Å². The number of anilines is 1. The number of thiazole rings is 1. The summed E-state index contributed by atoms with van der Waals surface area (Å²) in [5.74, 6) is -0.217. The topological polar surface area (TPSA) is 62.3 Å². The minimum atomic E-state index is -0.150. The summed E-state index contributed by atoms with van der Waals surface area (Å²) in [7, 11) is 1.87. The fourth-order valence-corrected chi connectivity index (χ4v) is 2.75. The Hall–Kier alpha value is -2.05. The maximum absolute atomic E-state index is 12.1. The number of amides is 1. The Morgan fingerprint density at radius 1 is 1.32 bits per heavy atom. The second-order valence-corrected chi connectivity index (χ2v) is 6.24. The number of aryl methyl sites for hydroxylation is 1. The summed E-state index contributed by atoms with van der Waals surface area (Å²) < 4.78 is 0. The lowest BCUT2D eigenvalue weighted by Crippen LogP contribution is -2.30. The van der Waals surface area contributed by atoms with Crippen LogP contribution in [0.5, 0.6) is 0 Å². The molecule has 1 amide bonds. The Morgan fingerprint density at radius 2 is 2.05 bits per heavy atom. The number of ketones is 1. The first-order chi connectivity index (χ1) is 10.5. The number of rotatable bonds is 6. The smallest absolute Gasteiger partial charge is 0.238 e. The Balaban J connectivity index is 1.94. The summed E-state index contributed by atoms with van der Waals surface area (Å²) >= 11 is 1.60.